The molecule has 1 aromatic carbocycles. The Labute approximate surface area is 109 Å². The van der Waals surface area contributed by atoms with Crippen molar-refractivity contribution < 1.29 is 8.42 Å². The zero-order valence-corrected chi connectivity index (χ0v) is 11.1. The quantitative estimate of drug-likeness (QED) is 0.929. The number of hydrogen-bond donors (Lipinski definition) is 1. The van der Waals surface area contributed by atoms with Crippen molar-refractivity contribution in [3.63, 3.8) is 0 Å². The number of benzene rings is 1. The van der Waals surface area contributed by atoms with E-state index in [0.717, 1.165) is 0 Å². The van der Waals surface area contributed by atoms with Crippen LogP contribution in [-0.4, -0.2) is 15.0 Å². The number of hydrogen-bond acceptors (Lipinski definition) is 2. The van der Waals surface area contributed by atoms with Crippen LogP contribution >= 0.6 is 34.8 Å². The molecule has 7 heteroatoms. The second-order valence-corrected chi connectivity index (χ2v) is 5.95. The smallest absolute Gasteiger partial charge is 0.207 e. The van der Waals surface area contributed by atoms with Gasteiger partial charge in [-0.15, -0.1) is 0 Å². The summed E-state index contributed by atoms with van der Waals surface area (Å²) in [6, 6.07) is 4.44. The highest BCUT2D eigenvalue weighted by atomic mass is 35.5. The molecule has 0 aliphatic heterocycles. The Hall–Kier alpha value is -0.260. The van der Waals surface area contributed by atoms with Crippen molar-refractivity contribution in [3.05, 3.63) is 39.9 Å². The lowest BCUT2D eigenvalue weighted by Crippen LogP contribution is -2.25. The van der Waals surface area contributed by atoms with Crippen LogP contribution in [0.15, 0.2) is 34.7 Å². The fourth-order valence-electron chi connectivity index (χ4n) is 0.985. The first-order chi connectivity index (χ1) is 7.34. The third-order valence-corrected chi connectivity index (χ3v) is 4.13. The number of nitrogens with one attached hydrogen (secondary N) is 1. The van der Waals surface area contributed by atoms with Crippen molar-refractivity contribution in [1.82, 2.24) is 4.72 Å². The van der Waals surface area contributed by atoms with Gasteiger partial charge in [0.2, 0.25) is 10.0 Å². The summed E-state index contributed by atoms with van der Waals surface area (Å²) < 4.78 is 25.8. The summed E-state index contributed by atoms with van der Waals surface area (Å²) in [6.07, 6.45) is 0. The molecule has 0 aliphatic carbocycles. The monoisotopic (exact) mass is 299 g/mol. The maximum absolute atomic E-state index is 11.8. The van der Waals surface area contributed by atoms with Gasteiger partial charge in [0.1, 0.15) is 4.90 Å². The van der Waals surface area contributed by atoms with E-state index in [2.05, 4.69) is 11.3 Å². The van der Waals surface area contributed by atoms with Crippen LogP contribution < -0.4 is 4.72 Å². The molecule has 1 aromatic rings. The van der Waals surface area contributed by atoms with Gasteiger partial charge in [0.15, 0.2) is 0 Å². The fourth-order valence-corrected chi connectivity index (χ4v) is 3.30. The summed E-state index contributed by atoms with van der Waals surface area (Å²) in [5, 5.41) is 0.284. The Morgan fingerprint density at radius 2 is 1.81 bits per heavy atom. The number of sulfonamides is 1. The van der Waals surface area contributed by atoms with Crippen LogP contribution in [0.4, 0.5) is 0 Å². The van der Waals surface area contributed by atoms with Crippen LogP contribution in [0, 0.1) is 0 Å². The van der Waals surface area contributed by atoms with E-state index in [-0.39, 0.29) is 26.5 Å². The molecule has 0 bridgehead atoms. The van der Waals surface area contributed by atoms with Crippen LogP contribution in [0.25, 0.3) is 0 Å². The van der Waals surface area contributed by atoms with E-state index in [1.165, 1.54) is 12.1 Å². The molecule has 16 heavy (non-hydrogen) atoms. The van der Waals surface area contributed by atoms with E-state index in [1.807, 2.05) is 0 Å². The molecule has 0 saturated carbocycles. The van der Waals surface area contributed by atoms with Crippen LogP contribution in [0.3, 0.4) is 0 Å². The summed E-state index contributed by atoms with van der Waals surface area (Å²) in [6.45, 7) is 3.29. The Bertz CT molecular complexity index is 493. The molecule has 88 valence electrons. The Kier molecular flexibility index (Phi) is 4.64. The SMILES string of the molecule is C=C(Cl)CNS(=O)(=O)c1c(Cl)cccc1Cl. The molecule has 0 saturated heterocycles. The van der Waals surface area contributed by atoms with Crippen molar-refractivity contribution in [2.75, 3.05) is 6.54 Å². The standard InChI is InChI=1S/C9H8Cl3NO2S/c1-6(10)5-13-16(14,15)9-7(11)3-2-4-8(9)12/h2-4,13H,1,5H2. The average molecular weight is 301 g/mol. The highest BCUT2D eigenvalue weighted by molar-refractivity contribution is 7.89. The van der Waals surface area contributed by atoms with Crippen molar-refractivity contribution in [1.29, 1.82) is 0 Å². The lowest BCUT2D eigenvalue weighted by Gasteiger charge is -2.08. The van der Waals surface area contributed by atoms with E-state index < -0.39 is 10.0 Å². The Balaban J connectivity index is 3.12. The van der Waals surface area contributed by atoms with Crippen LogP contribution in [-0.2, 0) is 10.0 Å². The van der Waals surface area contributed by atoms with Gasteiger partial charge >= 0.3 is 0 Å². The maximum Gasteiger partial charge on any atom is 0.243 e. The second kappa shape index (κ2) is 5.38. The van der Waals surface area contributed by atoms with Gasteiger partial charge in [-0.1, -0.05) is 47.4 Å². The zero-order valence-electron chi connectivity index (χ0n) is 8.00. The van der Waals surface area contributed by atoms with Gasteiger partial charge in [-0.25, -0.2) is 13.1 Å². The molecule has 1 rings (SSSR count). The third kappa shape index (κ3) is 3.37. The lowest BCUT2D eigenvalue weighted by atomic mass is 10.4. The molecule has 0 aromatic heterocycles. The molecule has 3 nitrogen and oxygen atoms in total. The predicted molar refractivity (Wildman–Crippen MR) is 66.6 cm³/mol. The fraction of sp³-hybridized carbons (Fsp3) is 0.111. The Morgan fingerprint density at radius 1 is 1.31 bits per heavy atom. The molecule has 0 spiro atoms. The van der Waals surface area contributed by atoms with Gasteiger partial charge < -0.3 is 0 Å². The van der Waals surface area contributed by atoms with E-state index in [0.29, 0.717) is 0 Å². The maximum atomic E-state index is 11.8. The van der Waals surface area contributed by atoms with Gasteiger partial charge in [-0.3, -0.25) is 0 Å². The predicted octanol–water partition coefficient (Wildman–Crippen LogP) is 3.02. The lowest BCUT2D eigenvalue weighted by molar-refractivity contribution is 0.585. The summed E-state index contributed by atoms with van der Waals surface area (Å²) >= 11 is 17.0. The molecule has 0 unspecified atom stereocenters. The average Bonchev–Trinajstić information content (AvgIpc) is 2.14. The Morgan fingerprint density at radius 3 is 2.25 bits per heavy atom. The highest BCUT2D eigenvalue weighted by Gasteiger charge is 2.20. The first-order valence-corrected chi connectivity index (χ1v) is 6.73. The van der Waals surface area contributed by atoms with Crippen molar-refractivity contribution in [2.45, 2.75) is 4.90 Å². The van der Waals surface area contributed by atoms with E-state index in [1.54, 1.807) is 6.07 Å². The van der Waals surface area contributed by atoms with E-state index in [9.17, 15) is 8.42 Å². The molecule has 0 radical (unpaired) electrons. The molecule has 0 atom stereocenters. The largest absolute Gasteiger partial charge is 0.243 e. The minimum atomic E-state index is -3.78. The molecule has 0 amide bonds. The van der Waals surface area contributed by atoms with Crippen molar-refractivity contribution >= 4 is 44.8 Å². The molecule has 0 aliphatic rings. The topological polar surface area (TPSA) is 46.2 Å². The van der Waals surface area contributed by atoms with Crippen LogP contribution in [0.5, 0.6) is 0 Å². The zero-order chi connectivity index (χ0) is 12.3. The minimum Gasteiger partial charge on any atom is -0.207 e. The van der Waals surface area contributed by atoms with E-state index in [4.69, 9.17) is 34.8 Å². The summed E-state index contributed by atoms with van der Waals surface area (Å²) in [5.41, 5.74) is 0. The third-order valence-electron chi connectivity index (χ3n) is 1.64. The van der Waals surface area contributed by atoms with Crippen molar-refractivity contribution in [3.8, 4) is 0 Å². The molecule has 0 fully saturated rings. The van der Waals surface area contributed by atoms with Gasteiger partial charge in [0.05, 0.1) is 10.0 Å². The van der Waals surface area contributed by atoms with Gasteiger partial charge in [-0.05, 0) is 12.1 Å². The highest BCUT2D eigenvalue weighted by Crippen LogP contribution is 2.28. The normalized spacial score (nSPS) is 11.4. The molecular weight excluding hydrogens is 293 g/mol. The second-order valence-electron chi connectivity index (χ2n) is 2.89. The number of halogens is 3. The van der Waals surface area contributed by atoms with Crippen molar-refractivity contribution in [2.24, 2.45) is 0 Å². The first-order valence-electron chi connectivity index (χ1n) is 4.11. The van der Waals surface area contributed by atoms with Crippen LogP contribution in [0.2, 0.25) is 10.0 Å². The van der Waals surface area contributed by atoms with Gasteiger partial charge in [-0.2, -0.15) is 0 Å². The first kappa shape index (κ1) is 13.8. The summed E-state index contributed by atoms with van der Waals surface area (Å²) in [5.74, 6) is 0. The van der Waals surface area contributed by atoms with Gasteiger partial charge in [0.25, 0.3) is 0 Å². The molecular formula is C9H8Cl3NO2S. The minimum absolute atomic E-state index is 0.0557. The van der Waals surface area contributed by atoms with Crippen LogP contribution in [0.1, 0.15) is 0 Å². The van der Waals surface area contributed by atoms with E-state index >= 15 is 0 Å². The molecule has 1 N–H and O–H groups in total. The summed E-state index contributed by atoms with van der Waals surface area (Å²) in [4.78, 5) is -0.156. The molecule has 0 heterocycles. The number of rotatable bonds is 4. The summed E-state index contributed by atoms with van der Waals surface area (Å²) in [7, 11) is -3.78. The van der Waals surface area contributed by atoms with Gasteiger partial charge in [0, 0.05) is 11.6 Å².